The van der Waals surface area contributed by atoms with E-state index in [4.69, 9.17) is 14.8 Å². The van der Waals surface area contributed by atoms with Gasteiger partial charge in [-0.2, -0.15) is 5.06 Å². The van der Waals surface area contributed by atoms with Gasteiger partial charge in [0.1, 0.15) is 12.6 Å². The molecule has 2 heterocycles. The van der Waals surface area contributed by atoms with Gasteiger partial charge in [-0.25, -0.2) is 15.1 Å². The van der Waals surface area contributed by atoms with E-state index >= 15 is 0 Å². The molecular weight excluding hydrogens is 356 g/mol. The van der Waals surface area contributed by atoms with E-state index in [1.807, 2.05) is 30.3 Å². The fourth-order valence-corrected chi connectivity index (χ4v) is 3.19. The van der Waals surface area contributed by atoms with E-state index in [0.29, 0.717) is 19.4 Å². The van der Waals surface area contributed by atoms with Crippen molar-refractivity contribution in [2.45, 2.75) is 31.5 Å². The summed E-state index contributed by atoms with van der Waals surface area (Å²) in [4.78, 5) is 47.4. The van der Waals surface area contributed by atoms with Crippen molar-refractivity contribution in [3.63, 3.8) is 0 Å². The minimum absolute atomic E-state index is 0.00631. The number of benzene rings is 1. The molecule has 3 rings (SSSR count). The predicted molar refractivity (Wildman–Crippen MR) is 92.1 cm³/mol. The van der Waals surface area contributed by atoms with E-state index in [2.05, 4.69) is 10.8 Å². The molecule has 0 spiro atoms. The molecule has 3 N–H and O–H groups in total. The Morgan fingerprint density at radius 3 is 2.74 bits per heavy atom. The van der Waals surface area contributed by atoms with E-state index < -0.39 is 18.0 Å². The number of hydrogen-bond acceptors (Lipinski definition) is 5. The lowest BCUT2D eigenvalue weighted by Gasteiger charge is -2.28. The van der Waals surface area contributed by atoms with Gasteiger partial charge in [0, 0.05) is 13.1 Å². The van der Waals surface area contributed by atoms with Gasteiger partial charge in [-0.1, -0.05) is 30.3 Å². The Morgan fingerprint density at radius 1 is 1.22 bits per heavy atom. The lowest BCUT2D eigenvalue weighted by molar-refractivity contribution is -0.141. The Hall–Kier alpha value is -2.85. The van der Waals surface area contributed by atoms with Crippen LogP contribution < -0.4 is 10.8 Å². The number of carbonyl (C=O) groups is 3. The summed E-state index contributed by atoms with van der Waals surface area (Å²) in [6.07, 6.45) is -0.0126. The highest BCUT2D eigenvalue weighted by Crippen LogP contribution is 2.30. The first-order valence-electron chi connectivity index (χ1n) is 8.71. The molecule has 10 heteroatoms. The lowest BCUT2D eigenvalue weighted by atomic mass is 10.0. The van der Waals surface area contributed by atoms with Crippen molar-refractivity contribution in [1.82, 2.24) is 20.8 Å². The molecule has 0 saturated carbocycles. The summed E-state index contributed by atoms with van der Waals surface area (Å²) < 4.78 is 0. The second kappa shape index (κ2) is 8.69. The van der Waals surface area contributed by atoms with E-state index in [-0.39, 0.29) is 31.8 Å². The molecule has 1 unspecified atom stereocenters. The average molecular weight is 378 g/mol. The predicted octanol–water partition coefficient (Wildman–Crippen LogP) is 0.702. The molecule has 2 aliphatic rings. The Morgan fingerprint density at radius 2 is 2.00 bits per heavy atom. The molecule has 4 amide bonds. The molecule has 0 aromatic heterocycles. The first-order valence-corrected chi connectivity index (χ1v) is 8.71. The van der Waals surface area contributed by atoms with E-state index in [1.165, 1.54) is 9.96 Å². The van der Waals surface area contributed by atoms with Crippen molar-refractivity contribution in [2.75, 3.05) is 19.7 Å². The number of hydroxylamine groups is 3. The third-order valence-corrected chi connectivity index (χ3v) is 4.49. The summed E-state index contributed by atoms with van der Waals surface area (Å²) in [7, 11) is 0. The van der Waals surface area contributed by atoms with Crippen LogP contribution in [0.1, 0.15) is 18.4 Å². The third kappa shape index (κ3) is 4.66. The molecule has 1 aromatic rings. The molecule has 10 nitrogen and oxygen atoms in total. The van der Waals surface area contributed by atoms with Gasteiger partial charge in [0.25, 0.3) is 5.91 Å². The minimum atomic E-state index is -1.17. The van der Waals surface area contributed by atoms with Gasteiger partial charge >= 0.3 is 12.1 Å². The number of urea groups is 1. The number of nitrogens with one attached hydrogen (secondary N) is 2. The molecule has 27 heavy (non-hydrogen) atoms. The topological polar surface area (TPSA) is 120 Å². The van der Waals surface area contributed by atoms with Crippen LogP contribution in [0, 0.1) is 0 Å². The smallest absolute Gasteiger partial charge is 0.404 e. The zero-order valence-corrected chi connectivity index (χ0v) is 14.7. The first kappa shape index (κ1) is 18.9. The van der Waals surface area contributed by atoms with Crippen LogP contribution in [-0.4, -0.2) is 64.9 Å². The molecule has 2 aliphatic heterocycles. The second-order valence-corrected chi connectivity index (χ2v) is 6.31. The van der Waals surface area contributed by atoms with Crippen LogP contribution in [0.4, 0.5) is 9.59 Å². The van der Waals surface area contributed by atoms with Crippen LogP contribution in [0.25, 0.3) is 0 Å². The van der Waals surface area contributed by atoms with Crippen molar-refractivity contribution in [1.29, 1.82) is 0 Å². The van der Waals surface area contributed by atoms with Crippen molar-refractivity contribution >= 4 is 18.0 Å². The summed E-state index contributed by atoms with van der Waals surface area (Å²) in [5, 5.41) is 11.9. The van der Waals surface area contributed by atoms with Crippen molar-refractivity contribution in [2.24, 2.45) is 0 Å². The average Bonchev–Trinajstić information content (AvgIpc) is 2.90. The van der Waals surface area contributed by atoms with E-state index in [0.717, 1.165) is 5.56 Å². The summed E-state index contributed by atoms with van der Waals surface area (Å²) in [6, 6.07) is 8.50. The van der Waals surface area contributed by atoms with Crippen molar-refractivity contribution < 1.29 is 29.2 Å². The molecule has 2 bridgehead atoms. The summed E-state index contributed by atoms with van der Waals surface area (Å²) >= 11 is 0. The maximum absolute atomic E-state index is 12.6. The van der Waals surface area contributed by atoms with Gasteiger partial charge in [0.15, 0.2) is 0 Å². The Bertz CT molecular complexity index is 685. The Labute approximate surface area is 155 Å². The SMILES string of the molecule is O=C(O)NCCONC(=O)[C@@H]1CCC2CN1C(=O)N2OCc1ccccc1. The maximum Gasteiger partial charge on any atom is 0.404 e. The highest BCUT2D eigenvalue weighted by molar-refractivity contribution is 5.88. The van der Waals surface area contributed by atoms with E-state index in [1.54, 1.807) is 0 Å². The molecule has 0 aliphatic carbocycles. The number of fused-ring (bicyclic) bond motifs is 2. The van der Waals surface area contributed by atoms with Gasteiger partial charge in [-0.3, -0.25) is 14.5 Å². The Balaban J connectivity index is 1.48. The zero-order chi connectivity index (χ0) is 19.2. The molecule has 0 radical (unpaired) electrons. The largest absolute Gasteiger partial charge is 0.465 e. The molecule has 1 aromatic carbocycles. The van der Waals surface area contributed by atoms with Crippen LogP contribution in [0.3, 0.4) is 0 Å². The van der Waals surface area contributed by atoms with Crippen LogP contribution in [-0.2, 0) is 21.1 Å². The molecule has 146 valence electrons. The number of rotatable bonds is 8. The second-order valence-electron chi connectivity index (χ2n) is 6.31. The van der Waals surface area contributed by atoms with Gasteiger partial charge < -0.3 is 15.3 Å². The number of hydrogen-bond donors (Lipinski definition) is 3. The van der Waals surface area contributed by atoms with Gasteiger partial charge in [-0.15, -0.1) is 0 Å². The number of amides is 4. The molecule has 2 fully saturated rings. The normalized spacial score (nSPS) is 21.3. The number of piperidine rings is 1. The van der Waals surface area contributed by atoms with Crippen molar-refractivity contribution in [3.05, 3.63) is 35.9 Å². The number of carboxylic acid groups (broad SMARTS) is 1. The fraction of sp³-hybridized carbons (Fsp3) is 0.471. The lowest BCUT2D eigenvalue weighted by Crippen LogP contribution is -2.50. The van der Waals surface area contributed by atoms with Crippen LogP contribution in [0.2, 0.25) is 0 Å². The molecule has 2 saturated heterocycles. The quantitative estimate of drug-likeness (QED) is 0.452. The van der Waals surface area contributed by atoms with Crippen LogP contribution in [0.5, 0.6) is 0 Å². The number of carbonyl (C=O) groups excluding carboxylic acids is 2. The van der Waals surface area contributed by atoms with Crippen LogP contribution >= 0.6 is 0 Å². The summed E-state index contributed by atoms with van der Waals surface area (Å²) in [5.74, 6) is -0.429. The molecular formula is C17H22N4O6. The third-order valence-electron chi connectivity index (χ3n) is 4.49. The van der Waals surface area contributed by atoms with Crippen LogP contribution in [0.15, 0.2) is 30.3 Å². The summed E-state index contributed by atoms with van der Waals surface area (Å²) in [5.41, 5.74) is 3.23. The highest BCUT2D eigenvalue weighted by atomic mass is 16.7. The standard InChI is InChI=1S/C17H22N4O6/c22-15(19-26-9-8-18-16(23)24)14-7-6-13-10-20(14)17(25)21(13)27-11-12-4-2-1-3-5-12/h1-5,13-14,18H,6-11H2,(H,19,22)(H,23,24)/t13?,14-/m0/s1. The highest BCUT2D eigenvalue weighted by Gasteiger charge is 2.48. The monoisotopic (exact) mass is 378 g/mol. The van der Waals surface area contributed by atoms with Crippen molar-refractivity contribution in [3.8, 4) is 0 Å². The Kier molecular flexibility index (Phi) is 6.09. The van der Waals surface area contributed by atoms with Gasteiger partial charge in [0.2, 0.25) is 0 Å². The maximum atomic E-state index is 12.6. The van der Waals surface area contributed by atoms with E-state index in [9.17, 15) is 14.4 Å². The molecule has 2 atom stereocenters. The van der Waals surface area contributed by atoms with Gasteiger partial charge in [-0.05, 0) is 18.4 Å². The zero-order valence-electron chi connectivity index (χ0n) is 14.7. The minimum Gasteiger partial charge on any atom is -0.465 e. The fourth-order valence-electron chi connectivity index (χ4n) is 3.19. The first-order chi connectivity index (χ1) is 13.1. The number of nitrogens with zero attached hydrogens (tertiary/aromatic N) is 2. The van der Waals surface area contributed by atoms with Gasteiger partial charge in [0.05, 0.1) is 12.6 Å². The summed E-state index contributed by atoms with van der Waals surface area (Å²) in [6.45, 7) is 0.750.